The topological polar surface area (TPSA) is 61.8 Å². The number of nitrogens with zero attached hydrogens (tertiary/aromatic N) is 2. The van der Waals surface area contributed by atoms with Crippen LogP contribution in [0.4, 0.5) is 0 Å². The third-order valence-electron chi connectivity index (χ3n) is 6.59. The van der Waals surface area contributed by atoms with Gasteiger partial charge in [0.2, 0.25) is 5.91 Å². The fraction of sp³-hybridized carbons (Fsp3) is 0.625. The molecule has 1 atom stereocenters. The zero-order chi connectivity index (χ0) is 20.8. The SMILES string of the molecule is O=C(CC1SC(N(C2CCCCC2)C2CCCCC2)=NC1=O)NCc1ccccc1. The standard InChI is InChI=1S/C24H33N3O2S/c28-22(25-17-18-10-4-1-5-11-18)16-21-23(29)26-24(30-21)27(19-12-6-2-7-13-19)20-14-8-3-9-15-20/h1,4-5,10-11,19-21H,2-3,6-9,12-17H2,(H,25,28). The molecule has 2 fully saturated rings. The van der Waals surface area contributed by atoms with Crippen LogP contribution in [0.2, 0.25) is 0 Å². The van der Waals surface area contributed by atoms with E-state index in [1.807, 2.05) is 30.3 Å². The van der Waals surface area contributed by atoms with Crippen molar-refractivity contribution < 1.29 is 9.59 Å². The minimum atomic E-state index is -0.384. The van der Waals surface area contributed by atoms with E-state index in [4.69, 9.17) is 0 Å². The smallest absolute Gasteiger partial charge is 0.262 e. The van der Waals surface area contributed by atoms with Gasteiger partial charge in [0.15, 0.2) is 5.17 Å². The first-order valence-corrected chi connectivity index (χ1v) is 12.5. The maximum atomic E-state index is 12.6. The van der Waals surface area contributed by atoms with Gasteiger partial charge in [0.25, 0.3) is 5.91 Å². The van der Waals surface area contributed by atoms with Gasteiger partial charge in [0.1, 0.15) is 5.25 Å². The third kappa shape index (κ3) is 5.45. The van der Waals surface area contributed by atoms with Gasteiger partial charge in [-0.05, 0) is 31.2 Å². The molecule has 1 aromatic rings. The Morgan fingerprint density at radius 1 is 0.967 bits per heavy atom. The molecule has 3 aliphatic rings. The van der Waals surface area contributed by atoms with Crippen LogP contribution in [0.1, 0.15) is 76.2 Å². The molecule has 1 unspecified atom stereocenters. The number of aliphatic imine (C=N–C) groups is 1. The van der Waals surface area contributed by atoms with Gasteiger partial charge in [0.05, 0.1) is 0 Å². The van der Waals surface area contributed by atoms with Gasteiger partial charge in [-0.1, -0.05) is 80.6 Å². The number of nitrogens with one attached hydrogen (secondary N) is 1. The molecule has 30 heavy (non-hydrogen) atoms. The van der Waals surface area contributed by atoms with Crippen molar-refractivity contribution in [3.05, 3.63) is 35.9 Å². The first kappa shape index (κ1) is 21.4. The summed E-state index contributed by atoms with van der Waals surface area (Å²) in [5.74, 6) is -0.218. The molecule has 4 rings (SSSR count). The second kappa shape index (κ2) is 10.5. The van der Waals surface area contributed by atoms with E-state index in [1.54, 1.807) is 0 Å². The zero-order valence-electron chi connectivity index (χ0n) is 17.7. The van der Waals surface area contributed by atoms with E-state index in [9.17, 15) is 9.59 Å². The number of amidine groups is 1. The molecule has 162 valence electrons. The Bertz CT molecular complexity index is 737. The normalized spacial score (nSPS) is 23.3. The van der Waals surface area contributed by atoms with Gasteiger partial charge in [-0.3, -0.25) is 9.59 Å². The average Bonchev–Trinajstić information content (AvgIpc) is 3.14. The summed E-state index contributed by atoms with van der Waals surface area (Å²) in [6.45, 7) is 0.495. The Balaban J connectivity index is 1.37. The molecule has 0 aromatic heterocycles. The Hall–Kier alpha value is -1.82. The number of thioether (sulfide) groups is 1. The van der Waals surface area contributed by atoms with Gasteiger partial charge in [-0.2, -0.15) is 4.99 Å². The van der Waals surface area contributed by atoms with E-state index >= 15 is 0 Å². The molecule has 1 aliphatic heterocycles. The van der Waals surface area contributed by atoms with Crippen molar-refractivity contribution in [1.29, 1.82) is 0 Å². The fourth-order valence-electron chi connectivity index (χ4n) is 4.98. The molecule has 2 saturated carbocycles. The van der Waals surface area contributed by atoms with Crippen molar-refractivity contribution in [2.75, 3.05) is 0 Å². The van der Waals surface area contributed by atoms with Gasteiger partial charge < -0.3 is 10.2 Å². The highest BCUT2D eigenvalue weighted by Crippen LogP contribution is 2.36. The van der Waals surface area contributed by atoms with Crippen LogP contribution in [0.15, 0.2) is 35.3 Å². The highest BCUT2D eigenvalue weighted by Gasteiger charge is 2.38. The van der Waals surface area contributed by atoms with Crippen molar-refractivity contribution in [2.24, 2.45) is 4.99 Å². The minimum absolute atomic E-state index is 0.0805. The fourth-order valence-corrected chi connectivity index (χ4v) is 6.19. The quantitative estimate of drug-likeness (QED) is 0.717. The van der Waals surface area contributed by atoms with Gasteiger partial charge >= 0.3 is 0 Å². The summed E-state index contributed by atoms with van der Waals surface area (Å²) in [4.78, 5) is 32.1. The largest absolute Gasteiger partial charge is 0.352 e. The molecule has 1 heterocycles. The maximum Gasteiger partial charge on any atom is 0.262 e. The highest BCUT2D eigenvalue weighted by atomic mass is 32.2. The van der Waals surface area contributed by atoms with Crippen LogP contribution in [0.3, 0.4) is 0 Å². The van der Waals surface area contributed by atoms with E-state index in [-0.39, 0.29) is 23.5 Å². The maximum absolute atomic E-state index is 12.6. The average molecular weight is 428 g/mol. The zero-order valence-corrected chi connectivity index (χ0v) is 18.5. The lowest BCUT2D eigenvalue weighted by atomic mass is 9.89. The Morgan fingerprint density at radius 3 is 2.17 bits per heavy atom. The van der Waals surface area contributed by atoms with Gasteiger partial charge in [0, 0.05) is 25.0 Å². The Labute approximate surface area is 184 Å². The number of carbonyl (C=O) groups excluding carboxylic acids is 2. The summed E-state index contributed by atoms with van der Waals surface area (Å²) in [6, 6.07) is 10.9. The summed E-state index contributed by atoms with van der Waals surface area (Å²) < 4.78 is 0. The molecular weight excluding hydrogens is 394 g/mol. The van der Waals surface area contributed by atoms with Crippen molar-refractivity contribution >= 4 is 28.7 Å². The molecule has 2 aliphatic carbocycles. The van der Waals surface area contributed by atoms with Gasteiger partial charge in [-0.15, -0.1) is 0 Å². The number of rotatable bonds is 6. The number of carbonyl (C=O) groups is 2. The second-order valence-electron chi connectivity index (χ2n) is 8.80. The van der Waals surface area contributed by atoms with Crippen molar-refractivity contribution in [1.82, 2.24) is 10.2 Å². The van der Waals surface area contributed by atoms with E-state index < -0.39 is 0 Å². The van der Waals surface area contributed by atoms with Gasteiger partial charge in [-0.25, -0.2) is 0 Å². The molecule has 2 amide bonds. The van der Waals surface area contributed by atoms with Crippen LogP contribution in [0.25, 0.3) is 0 Å². The summed E-state index contributed by atoms with van der Waals surface area (Å²) in [5, 5.41) is 3.45. The van der Waals surface area contributed by atoms with Crippen molar-refractivity contribution in [2.45, 2.75) is 94.5 Å². The second-order valence-corrected chi connectivity index (χ2v) is 9.97. The molecule has 0 radical (unpaired) electrons. The van der Waals surface area contributed by atoms with Crippen LogP contribution >= 0.6 is 11.8 Å². The molecule has 6 heteroatoms. The Morgan fingerprint density at radius 2 is 1.57 bits per heavy atom. The molecule has 0 saturated heterocycles. The molecular formula is C24H33N3O2S. The first-order chi connectivity index (χ1) is 14.7. The molecule has 0 bridgehead atoms. The van der Waals surface area contributed by atoms with Crippen LogP contribution in [0.5, 0.6) is 0 Å². The lowest BCUT2D eigenvalue weighted by molar-refractivity contribution is -0.124. The lowest BCUT2D eigenvalue weighted by Crippen LogP contribution is -2.47. The molecule has 5 nitrogen and oxygen atoms in total. The highest BCUT2D eigenvalue weighted by molar-refractivity contribution is 8.15. The van der Waals surface area contributed by atoms with Crippen LogP contribution in [0, 0.1) is 0 Å². The Kier molecular flexibility index (Phi) is 7.47. The first-order valence-electron chi connectivity index (χ1n) is 11.6. The number of hydrogen-bond acceptors (Lipinski definition) is 4. The predicted octanol–water partition coefficient (Wildman–Crippen LogP) is 4.66. The van der Waals surface area contributed by atoms with E-state index in [0.717, 1.165) is 10.7 Å². The van der Waals surface area contributed by atoms with Crippen molar-refractivity contribution in [3.63, 3.8) is 0 Å². The molecule has 1 aromatic carbocycles. The summed E-state index contributed by atoms with van der Waals surface area (Å²) >= 11 is 1.53. The minimum Gasteiger partial charge on any atom is -0.352 e. The summed E-state index contributed by atoms with van der Waals surface area (Å²) in [6.07, 6.45) is 12.7. The number of benzene rings is 1. The molecule has 1 N–H and O–H groups in total. The lowest BCUT2D eigenvalue weighted by Gasteiger charge is -2.42. The predicted molar refractivity (Wildman–Crippen MR) is 122 cm³/mol. The summed E-state index contributed by atoms with van der Waals surface area (Å²) in [7, 11) is 0. The van der Waals surface area contributed by atoms with Crippen LogP contribution in [-0.4, -0.2) is 39.2 Å². The monoisotopic (exact) mass is 427 g/mol. The van der Waals surface area contributed by atoms with E-state index in [1.165, 1.54) is 76.0 Å². The van der Waals surface area contributed by atoms with Crippen LogP contribution < -0.4 is 5.32 Å². The van der Waals surface area contributed by atoms with Crippen molar-refractivity contribution in [3.8, 4) is 0 Å². The van der Waals surface area contributed by atoms with Crippen LogP contribution in [-0.2, 0) is 16.1 Å². The number of hydrogen-bond donors (Lipinski definition) is 1. The third-order valence-corrected chi connectivity index (χ3v) is 7.76. The molecule has 0 spiro atoms. The number of amides is 2. The summed E-state index contributed by atoms with van der Waals surface area (Å²) in [5.41, 5.74) is 1.06. The van der Waals surface area contributed by atoms with E-state index in [0.29, 0.717) is 18.6 Å². The van der Waals surface area contributed by atoms with E-state index in [2.05, 4.69) is 15.2 Å².